The minimum Gasteiger partial charge on any atom is -0.352 e. The summed E-state index contributed by atoms with van der Waals surface area (Å²) in [5, 5.41) is 5.44. The molecule has 0 bridgehead atoms. The van der Waals surface area contributed by atoms with Crippen molar-refractivity contribution in [1.29, 1.82) is 0 Å². The quantitative estimate of drug-likeness (QED) is 0.343. The Balaban J connectivity index is 1.66. The Morgan fingerprint density at radius 3 is 2.38 bits per heavy atom. The maximum atomic E-state index is 13.9. The molecule has 1 fully saturated rings. The molecule has 3 aromatic rings. The number of fused-ring (bicyclic) bond motifs is 1. The van der Waals surface area contributed by atoms with E-state index in [0.717, 1.165) is 48.1 Å². The summed E-state index contributed by atoms with van der Waals surface area (Å²) >= 11 is 12.5. The molecule has 1 unspecified atom stereocenters. The summed E-state index contributed by atoms with van der Waals surface area (Å²) in [5.74, 6) is -0.804. The molecular formula is C29H33Cl2N3O4S. The van der Waals surface area contributed by atoms with Crippen LogP contribution in [-0.2, 0) is 26.2 Å². The lowest BCUT2D eigenvalue weighted by Gasteiger charge is -2.33. The van der Waals surface area contributed by atoms with E-state index in [2.05, 4.69) is 5.32 Å². The zero-order valence-corrected chi connectivity index (χ0v) is 24.4. The fourth-order valence-corrected chi connectivity index (χ4v) is 6.34. The van der Waals surface area contributed by atoms with Crippen LogP contribution in [0.1, 0.15) is 44.6 Å². The minimum absolute atomic E-state index is 0.0151. The van der Waals surface area contributed by atoms with Gasteiger partial charge in [-0.15, -0.1) is 0 Å². The third-order valence-corrected chi connectivity index (χ3v) is 8.90. The first-order valence-corrected chi connectivity index (χ1v) is 15.6. The third-order valence-electron chi connectivity index (χ3n) is 7.19. The number of nitrogens with one attached hydrogen (secondary N) is 1. The zero-order valence-electron chi connectivity index (χ0n) is 22.1. The number of anilines is 1. The zero-order chi connectivity index (χ0) is 28.2. The molecule has 39 heavy (non-hydrogen) atoms. The van der Waals surface area contributed by atoms with E-state index >= 15 is 0 Å². The lowest BCUT2D eigenvalue weighted by molar-refractivity contribution is -0.139. The summed E-state index contributed by atoms with van der Waals surface area (Å²) < 4.78 is 27.1. The van der Waals surface area contributed by atoms with E-state index in [-0.39, 0.29) is 18.5 Å². The van der Waals surface area contributed by atoms with Crippen molar-refractivity contribution in [3.8, 4) is 0 Å². The fourth-order valence-electron chi connectivity index (χ4n) is 5.01. The SMILES string of the molecule is CC(C(=O)NC1CCCCC1)N(Cc1ccc(Cl)cc1Cl)C(=O)CN(c1cccc2ccccc12)S(C)(=O)=O. The summed E-state index contributed by atoms with van der Waals surface area (Å²) in [6.45, 7) is 1.20. The van der Waals surface area contributed by atoms with E-state index < -0.39 is 28.5 Å². The van der Waals surface area contributed by atoms with Crippen molar-refractivity contribution in [3.63, 3.8) is 0 Å². The predicted molar refractivity (Wildman–Crippen MR) is 158 cm³/mol. The van der Waals surface area contributed by atoms with Gasteiger partial charge in [-0.05, 0) is 48.9 Å². The number of rotatable bonds is 9. The van der Waals surface area contributed by atoms with Gasteiger partial charge in [0.05, 0.1) is 11.9 Å². The predicted octanol–water partition coefficient (Wildman–Crippen LogP) is 5.78. The van der Waals surface area contributed by atoms with E-state index in [1.54, 1.807) is 37.3 Å². The summed E-state index contributed by atoms with van der Waals surface area (Å²) in [6.07, 6.45) is 6.13. The molecule has 0 aliphatic heterocycles. The number of amides is 2. The fraction of sp³-hybridized carbons (Fsp3) is 0.379. The summed E-state index contributed by atoms with van der Waals surface area (Å²) in [4.78, 5) is 28.6. The first-order chi connectivity index (χ1) is 18.5. The Kier molecular flexibility index (Phi) is 9.41. The molecule has 0 radical (unpaired) electrons. The van der Waals surface area contributed by atoms with Crippen LogP contribution in [0, 0.1) is 0 Å². The van der Waals surface area contributed by atoms with Gasteiger partial charge in [0.15, 0.2) is 0 Å². The third kappa shape index (κ3) is 7.24. The van der Waals surface area contributed by atoms with Gasteiger partial charge < -0.3 is 10.2 Å². The van der Waals surface area contributed by atoms with Gasteiger partial charge in [-0.2, -0.15) is 0 Å². The Morgan fingerprint density at radius 1 is 1.00 bits per heavy atom. The van der Waals surface area contributed by atoms with Gasteiger partial charge in [0.2, 0.25) is 21.8 Å². The second-order valence-corrected chi connectivity index (χ2v) is 12.8. The average molecular weight is 591 g/mol. The first-order valence-electron chi connectivity index (χ1n) is 13.0. The second kappa shape index (κ2) is 12.6. The number of nitrogens with zero attached hydrogens (tertiary/aromatic N) is 2. The molecule has 0 aromatic heterocycles. The maximum Gasteiger partial charge on any atom is 0.244 e. The number of halogens is 2. The van der Waals surface area contributed by atoms with Crippen LogP contribution < -0.4 is 9.62 Å². The minimum atomic E-state index is -3.85. The van der Waals surface area contributed by atoms with Crippen LogP contribution in [-0.4, -0.2) is 50.0 Å². The van der Waals surface area contributed by atoms with Crippen LogP contribution >= 0.6 is 23.2 Å². The first kappa shape index (κ1) is 29.2. The summed E-state index contributed by atoms with van der Waals surface area (Å²) in [5.41, 5.74) is 0.996. The Hall–Kier alpha value is -2.81. The van der Waals surface area contributed by atoms with E-state index in [1.807, 2.05) is 30.3 Å². The molecule has 0 saturated heterocycles. The summed E-state index contributed by atoms with van der Waals surface area (Å²) in [6, 6.07) is 16.8. The lowest BCUT2D eigenvalue weighted by atomic mass is 9.95. The molecule has 1 aliphatic rings. The molecule has 0 heterocycles. The molecule has 2 amide bonds. The Labute approximate surface area is 240 Å². The number of sulfonamides is 1. The maximum absolute atomic E-state index is 13.9. The van der Waals surface area contributed by atoms with Crippen molar-refractivity contribution in [1.82, 2.24) is 10.2 Å². The van der Waals surface area contributed by atoms with Crippen molar-refractivity contribution in [3.05, 3.63) is 76.3 Å². The van der Waals surface area contributed by atoms with Crippen LogP contribution in [0.15, 0.2) is 60.7 Å². The van der Waals surface area contributed by atoms with Gasteiger partial charge in [-0.3, -0.25) is 13.9 Å². The molecule has 208 valence electrons. The highest BCUT2D eigenvalue weighted by Crippen LogP contribution is 2.29. The smallest absolute Gasteiger partial charge is 0.244 e. The van der Waals surface area contributed by atoms with Crippen LogP contribution in [0.3, 0.4) is 0 Å². The van der Waals surface area contributed by atoms with E-state index in [0.29, 0.717) is 26.7 Å². The highest BCUT2D eigenvalue weighted by atomic mass is 35.5. The van der Waals surface area contributed by atoms with Gasteiger partial charge in [-0.1, -0.05) is 84.9 Å². The number of benzene rings is 3. The Bertz CT molecular complexity index is 1450. The molecule has 1 aliphatic carbocycles. The van der Waals surface area contributed by atoms with Crippen molar-refractivity contribution in [2.75, 3.05) is 17.1 Å². The second-order valence-electron chi connectivity index (χ2n) is 10.0. The lowest BCUT2D eigenvalue weighted by Crippen LogP contribution is -2.53. The highest BCUT2D eigenvalue weighted by molar-refractivity contribution is 7.92. The topological polar surface area (TPSA) is 86.8 Å². The van der Waals surface area contributed by atoms with Crippen molar-refractivity contribution in [2.45, 2.75) is 57.7 Å². The molecule has 1 N–H and O–H groups in total. The number of hydrogen-bond donors (Lipinski definition) is 1. The Morgan fingerprint density at radius 2 is 1.69 bits per heavy atom. The van der Waals surface area contributed by atoms with Gasteiger partial charge in [-0.25, -0.2) is 8.42 Å². The summed E-state index contributed by atoms with van der Waals surface area (Å²) in [7, 11) is -3.85. The normalized spacial score (nSPS) is 15.1. The van der Waals surface area contributed by atoms with Gasteiger partial charge in [0, 0.05) is 28.0 Å². The van der Waals surface area contributed by atoms with Crippen molar-refractivity contribution in [2.24, 2.45) is 0 Å². The molecular weight excluding hydrogens is 557 g/mol. The van der Waals surface area contributed by atoms with Crippen LogP contribution in [0.25, 0.3) is 10.8 Å². The number of carbonyl (C=O) groups is 2. The van der Waals surface area contributed by atoms with Gasteiger partial charge in [0.25, 0.3) is 0 Å². The molecule has 7 nitrogen and oxygen atoms in total. The van der Waals surface area contributed by atoms with Gasteiger partial charge >= 0.3 is 0 Å². The molecule has 1 atom stereocenters. The monoisotopic (exact) mass is 589 g/mol. The van der Waals surface area contributed by atoms with E-state index in [9.17, 15) is 18.0 Å². The van der Waals surface area contributed by atoms with Crippen LogP contribution in [0.5, 0.6) is 0 Å². The van der Waals surface area contributed by atoms with Crippen molar-refractivity contribution >= 4 is 61.5 Å². The standard InChI is InChI=1S/C29H33Cl2N3O4S/c1-20(29(36)32-24-11-4-3-5-12-24)33(18-22-15-16-23(30)17-26(22)31)28(35)19-34(39(2,37)38)27-14-8-10-21-9-6-7-13-25(21)27/h6-10,13-17,20,24H,3-5,11-12,18-19H2,1-2H3,(H,32,36). The molecule has 0 spiro atoms. The average Bonchev–Trinajstić information content (AvgIpc) is 2.90. The van der Waals surface area contributed by atoms with Gasteiger partial charge in [0.1, 0.15) is 12.6 Å². The largest absolute Gasteiger partial charge is 0.352 e. The number of carbonyl (C=O) groups excluding carboxylic acids is 2. The van der Waals surface area contributed by atoms with Crippen LogP contribution in [0.4, 0.5) is 5.69 Å². The van der Waals surface area contributed by atoms with Crippen LogP contribution in [0.2, 0.25) is 10.0 Å². The van der Waals surface area contributed by atoms with E-state index in [1.165, 1.54) is 4.90 Å². The van der Waals surface area contributed by atoms with Crippen molar-refractivity contribution < 1.29 is 18.0 Å². The number of hydrogen-bond acceptors (Lipinski definition) is 4. The molecule has 10 heteroatoms. The molecule has 3 aromatic carbocycles. The molecule has 4 rings (SSSR count). The molecule has 1 saturated carbocycles. The highest BCUT2D eigenvalue weighted by Gasteiger charge is 2.32. The van der Waals surface area contributed by atoms with E-state index in [4.69, 9.17) is 23.2 Å².